The smallest absolute Gasteiger partial charge is 0.413 e. The maximum atomic E-state index is 12.0. The zero-order chi connectivity index (χ0) is 14.2. The predicted molar refractivity (Wildman–Crippen MR) is 68.4 cm³/mol. The second kappa shape index (κ2) is 5.36. The summed E-state index contributed by atoms with van der Waals surface area (Å²) in [6.45, 7) is 6.82. The number of rotatable bonds is 3. The van der Waals surface area contributed by atoms with Gasteiger partial charge in [-0.15, -0.1) is 0 Å². The largest absolute Gasteiger partial charge is 0.425 e. The van der Waals surface area contributed by atoms with Gasteiger partial charge in [-0.1, -0.05) is 13.8 Å². The van der Waals surface area contributed by atoms with Gasteiger partial charge in [0, 0.05) is 20.0 Å². The molecule has 19 heavy (non-hydrogen) atoms. The molecule has 108 valence electrons. The van der Waals surface area contributed by atoms with Crippen LogP contribution in [0.3, 0.4) is 0 Å². The first-order chi connectivity index (χ1) is 8.88. The van der Waals surface area contributed by atoms with Gasteiger partial charge in [-0.3, -0.25) is 9.69 Å². The molecule has 0 aromatic heterocycles. The minimum atomic E-state index is -0.832. The fourth-order valence-corrected chi connectivity index (χ4v) is 2.65. The Labute approximate surface area is 113 Å². The van der Waals surface area contributed by atoms with E-state index in [0.717, 1.165) is 19.5 Å². The summed E-state index contributed by atoms with van der Waals surface area (Å²) in [6, 6.07) is 0.480. The van der Waals surface area contributed by atoms with E-state index in [9.17, 15) is 9.59 Å². The molecule has 0 aromatic rings. The highest BCUT2D eigenvalue weighted by Crippen LogP contribution is 2.32. The Bertz CT molecular complexity index is 360. The fraction of sp³-hybridized carbons (Fsp3) is 0.846. The molecular weight excluding hydrogens is 248 g/mol. The highest BCUT2D eigenvalue weighted by atomic mass is 16.7. The minimum Gasteiger partial charge on any atom is -0.425 e. The molecule has 3 fully saturated rings. The molecule has 2 bridgehead atoms. The number of nitrogens with zero attached hydrogens (tertiary/aromatic N) is 2. The van der Waals surface area contributed by atoms with Gasteiger partial charge in [0.25, 0.3) is 0 Å². The number of piperazine rings is 1. The normalized spacial score (nSPS) is 27.7. The summed E-state index contributed by atoms with van der Waals surface area (Å²) in [7, 11) is 2.05. The van der Waals surface area contributed by atoms with Crippen molar-refractivity contribution in [3.8, 4) is 0 Å². The topological polar surface area (TPSA) is 59.1 Å². The molecule has 3 rings (SSSR count). The molecule has 0 aromatic carbocycles. The van der Waals surface area contributed by atoms with E-state index in [0.29, 0.717) is 0 Å². The Morgan fingerprint density at radius 2 is 1.68 bits per heavy atom. The summed E-state index contributed by atoms with van der Waals surface area (Å²) in [5.74, 6) is -0.581. The lowest BCUT2D eigenvalue weighted by molar-refractivity contribution is -0.172. The van der Waals surface area contributed by atoms with Crippen LogP contribution in [0.1, 0.15) is 27.2 Å². The first-order valence-electron chi connectivity index (χ1n) is 6.76. The van der Waals surface area contributed by atoms with Crippen LogP contribution < -0.4 is 0 Å². The van der Waals surface area contributed by atoms with Crippen LogP contribution >= 0.6 is 0 Å². The summed E-state index contributed by atoms with van der Waals surface area (Å²) in [5.41, 5.74) is 0. The number of likely N-dealkylation sites (N-methyl/N-ethyl adjacent to an activating group) is 1. The van der Waals surface area contributed by atoms with E-state index in [-0.39, 0.29) is 30.1 Å². The van der Waals surface area contributed by atoms with Crippen molar-refractivity contribution in [1.82, 2.24) is 9.80 Å². The van der Waals surface area contributed by atoms with Gasteiger partial charge < -0.3 is 14.4 Å². The third kappa shape index (κ3) is 3.00. The number of esters is 1. The molecule has 3 unspecified atom stereocenters. The van der Waals surface area contributed by atoms with Crippen molar-refractivity contribution >= 4 is 12.1 Å². The molecule has 0 saturated carbocycles. The molecule has 3 saturated heterocycles. The third-order valence-corrected chi connectivity index (χ3v) is 3.61. The minimum absolute atomic E-state index is 0.224. The van der Waals surface area contributed by atoms with Gasteiger partial charge in [0.2, 0.25) is 6.29 Å². The van der Waals surface area contributed by atoms with Gasteiger partial charge in [0.1, 0.15) is 0 Å². The monoisotopic (exact) mass is 270 g/mol. The van der Waals surface area contributed by atoms with Crippen LogP contribution in [0, 0.1) is 5.92 Å². The highest BCUT2D eigenvalue weighted by Gasteiger charge is 2.47. The molecule has 3 atom stereocenters. The van der Waals surface area contributed by atoms with E-state index < -0.39 is 6.29 Å². The van der Waals surface area contributed by atoms with Crippen molar-refractivity contribution in [2.45, 2.75) is 45.6 Å². The van der Waals surface area contributed by atoms with Crippen molar-refractivity contribution < 1.29 is 19.1 Å². The molecule has 3 aliphatic rings. The Kier molecular flexibility index (Phi) is 3.99. The van der Waals surface area contributed by atoms with Gasteiger partial charge >= 0.3 is 12.1 Å². The molecule has 0 spiro atoms. The summed E-state index contributed by atoms with van der Waals surface area (Å²) in [6.07, 6.45) is -0.167. The van der Waals surface area contributed by atoms with Crippen LogP contribution in [-0.2, 0) is 14.3 Å². The Balaban J connectivity index is 1.80. The van der Waals surface area contributed by atoms with Gasteiger partial charge in [-0.2, -0.15) is 0 Å². The summed E-state index contributed by atoms with van der Waals surface area (Å²) in [4.78, 5) is 27.4. The van der Waals surface area contributed by atoms with E-state index in [2.05, 4.69) is 11.9 Å². The van der Waals surface area contributed by atoms with Crippen LogP contribution in [0.25, 0.3) is 0 Å². The number of ether oxygens (including phenoxy) is 2. The van der Waals surface area contributed by atoms with Gasteiger partial charge in [0.05, 0.1) is 18.0 Å². The molecule has 1 amide bonds. The molecule has 3 heterocycles. The first-order valence-corrected chi connectivity index (χ1v) is 6.76. The van der Waals surface area contributed by atoms with Crippen LogP contribution in [0.15, 0.2) is 0 Å². The second-order valence-corrected chi connectivity index (χ2v) is 5.71. The van der Waals surface area contributed by atoms with Crippen molar-refractivity contribution in [2.24, 2.45) is 5.92 Å². The highest BCUT2D eigenvalue weighted by molar-refractivity contribution is 5.73. The number of piperidine rings is 1. The number of amides is 1. The number of carbonyl (C=O) groups is 2. The average molecular weight is 270 g/mol. The Hall–Kier alpha value is -1.30. The zero-order valence-electron chi connectivity index (χ0n) is 12.0. The summed E-state index contributed by atoms with van der Waals surface area (Å²) in [5, 5.41) is 0. The van der Waals surface area contributed by atoms with Crippen LogP contribution in [0.4, 0.5) is 4.79 Å². The van der Waals surface area contributed by atoms with Gasteiger partial charge in [-0.25, -0.2) is 4.79 Å². The lowest BCUT2D eigenvalue weighted by atomic mass is 9.88. The molecule has 0 radical (unpaired) electrons. The molecule has 0 aliphatic carbocycles. The lowest BCUT2D eigenvalue weighted by Gasteiger charge is -2.54. The number of carbonyl (C=O) groups excluding carboxylic acids is 2. The van der Waals surface area contributed by atoms with E-state index in [1.54, 1.807) is 25.7 Å². The number of hydrogen-bond donors (Lipinski definition) is 0. The van der Waals surface area contributed by atoms with Gasteiger partial charge in [0.15, 0.2) is 0 Å². The Morgan fingerprint density at radius 1 is 1.11 bits per heavy atom. The third-order valence-electron chi connectivity index (χ3n) is 3.61. The second-order valence-electron chi connectivity index (χ2n) is 5.71. The number of hydrogen-bond acceptors (Lipinski definition) is 5. The zero-order valence-corrected chi connectivity index (χ0v) is 12.0. The van der Waals surface area contributed by atoms with Crippen LogP contribution in [-0.4, -0.2) is 60.4 Å². The SMILES string of the molecule is CC(OC(=O)C(C)C)OC(=O)N1C2CC1CN(C)C2. The molecular formula is C13H22N2O4. The first kappa shape index (κ1) is 14.1. The molecule has 6 nitrogen and oxygen atoms in total. The molecule has 0 N–H and O–H groups in total. The van der Waals surface area contributed by atoms with E-state index >= 15 is 0 Å². The standard InChI is InChI=1S/C13H22N2O4/c1-8(2)12(16)18-9(3)19-13(17)15-10-5-11(15)7-14(4)6-10/h8-11H,5-7H2,1-4H3. The van der Waals surface area contributed by atoms with Crippen molar-refractivity contribution in [3.05, 3.63) is 0 Å². The van der Waals surface area contributed by atoms with E-state index in [1.807, 2.05) is 0 Å². The Morgan fingerprint density at radius 3 is 2.21 bits per heavy atom. The van der Waals surface area contributed by atoms with Crippen LogP contribution in [0.2, 0.25) is 0 Å². The van der Waals surface area contributed by atoms with Crippen molar-refractivity contribution in [2.75, 3.05) is 20.1 Å². The quantitative estimate of drug-likeness (QED) is 0.567. The molecule has 3 aliphatic heterocycles. The maximum absolute atomic E-state index is 12.0. The molecule has 6 heteroatoms. The fourth-order valence-electron chi connectivity index (χ4n) is 2.65. The van der Waals surface area contributed by atoms with E-state index in [4.69, 9.17) is 9.47 Å². The lowest BCUT2D eigenvalue weighted by Crippen LogP contribution is -2.69. The predicted octanol–water partition coefficient (Wildman–Crippen LogP) is 1.06. The van der Waals surface area contributed by atoms with Crippen molar-refractivity contribution in [3.63, 3.8) is 0 Å². The maximum Gasteiger partial charge on any atom is 0.413 e. The van der Waals surface area contributed by atoms with Crippen LogP contribution in [0.5, 0.6) is 0 Å². The summed E-state index contributed by atoms with van der Waals surface area (Å²) >= 11 is 0. The number of fused-ring (bicyclic) bond motifs is 2. The summed E-state index contributed by atoms with van der Waals surface area (Å²) < 4.78 is 10.2. The van der Waals surface area contributed by atoms with Crippen molar-refractivity contribution in [1.29, 1.82) is 0 Å². The van der Waals surface area contributed by atoms with Gasteiger partial charge in [-0.05, 0) is 13.5 Å². The average Bonchev–Trinajstić information content (AvgIpc) is 2.27. The van der Waals surface area contributed by atoms with E-state index in [1.165, 1.54) is 0 Å².